The van der Waals surface area contributed by atoms with Crippen LogP contribution in [-0.2, 0) is 0 Å². The zero-order valence-electron chi connectivity index (χ0n) is 18.6. The molecule has 0 spiro atoms. The van der Waals surface area contributed by atoms with Gasteiger partial charge in [-0.3, -0.25) is 4.90 Å². The van der Waals surface area contributed by atoms with Crippen molar-refractivity contribution in [2.75, 3.05) is 19.9 Å². The second kappa shape index (κ2) is 8.50. The van der Waals surface area contributed by atoms with E-state index in [1.54, 1.807) is 4.90 Å². The van der Waals surface area contributed by atoms with Gasteiger partial charge in [0.1, 0.15) is 5.75 Å². The molecule has 0 bridgehead atoms. The van der Waals surface area contributed by atoms with Crippen LogP contribution in [0.4, 0.5) is 4.79 Å². The molecule has 0 saturated carbocycles. The van der Waals surface area contributed by atoms with Gasteiger partial charge in [0.15, 0.2) is 11.5 Å². The molecule has 0 radical (unpaired) electrons. The van der Waals surface area contributed by atoms with Gasteiger partial charge in [0, 0.05) is 17.8 Å². The lowest BCUT2D eigenvalue weighted by Gasteiger charge is -2.34. The summed E-state index contributed by atoms with van der Waals surface area (Å²) in [6.45, 7) is 7.04. The van der Waals surface area contributed by atoms with Crippen molar-refractivity contribution in [1.29, 1.82) is 0 Å². The zero-order chi connectivity index (χ0) is 22.9. The minimum Gasteiger partial charge on any atom is -0.494 e. The number of fused-ring (bicyclic) bond motifs is 1. The van der Waals surface area contributed by atoms with Crippen molar-refractivity contribution in [3.8, 4) is 28.6 Å². The molecule has 3 heterocycles. The van der Waals surface area contributed by atoms with Crippen molar-refractivity contribution < 1.29 is 23.5 Å². The molecule has 0 fully saturated rings. The summed E-state index contributed by atoms with van der Waals surface area (Å²) in [5, 5.41) is 7.26. The number of hydrogen-bond acceptors (Lipinski definition) is 7. The predicted octanol–water partition coefficient (Wildman–Crippen LogP) is 4.38. The number of allylic oxidation sites excluding steroid dienone is 1. The molecule has 5 rings (SSSR count). The molecule has 2 amide bonds. The van der Waals surface area contributed by atoms with Crippen LogP contribution in [-0.4, -0.2) is 41.0 Å². The molecule has 3 aromatic rings. The Labute approximate surface area is 190 Å². The molecule has 0 aliphatic carbocycles. The first-order valence-electron chi connectivity index (χ1n) is 10.8. The Morgan fingerprint density at radius 1 is 1.12 bits per heavy atom. The van der Waals surface area contributed by atoms with Crippen LogP contribution >= 0.6 is 0 Å². The number of amides is 2. The molecule has 1 unspecified atom stereocenters. The summed E-state index contributed by atoms with van der Waals surface area (Å²) in [4.78, 5) is 19.1. The minimum absolute atomic E-state index is 0.173. The average Bonchev–Trinajstić information content (AvgIpc) is 3.49. The molecule has 2 aliphatic heterocycles. The fourth-order valence-corrected chi connectivity index (χ4v) is 4.10. The normalized spacial score (nSPS) is 17.4. The summed E-state index contributed by atoms with van der Waals surface area (Å²) in [6.07, 6.45) is 0. The van der Waals surface area contributed by atoms with Crippen LogP contribution in [0.15, 0.2) is 52.7 Å². The standard InChI is InChI=1S/C24H24N4O5/c1-4-28-14(3)20(21(25-24(28)29)15-6-9-17(10-7-15)30-5-2)23-26-22(27-33-23)16-8-11-18-19(12-16)32-13-31-18/h6-12,21H,4-5,13H2,1-3H3,(H,25,29). The molecular weight excluding hydrogens is 424 g/mol. The lowest BCUT2D eigenvalue weighted by Crippen LogP contribution is -2.45. The number of benzene rings is 2. The van der Waals surface area contributed by atoms with E-state index in [-0.39, 0.29) is 12.8 Å². The summed E-state index contributed by atoms with van der Waals surface area (Å²) in [6, 6.07) is 12.5. The van der Waals surface area contributed by atoms with Crippen molar-refractivity contribution in [1.82, 2.24) is 20.4 Å². The quantitative estimate of drug-likeness (QED) is 0.597. The Morgan fingerprint density at radius 2 is 1.91 bits per heavy atom. The third-order valence-corrected chi connectivity index (χ3v) is 5.72. The molecule has 1 aromatic heterocycles. The van der Waals surface area contributed by atoms with Gasteiger partial charge in [0.05, 0.1) is 18.2 Å². The van der Waals surface area contributed by atoms with Crippen LogP contribution in [0.3, 0.4) is 0 Å². The Balaban J connectivity index is 1.54. The van der Waals surface area contributed by atoms with E-state index in [9.17, 15) is 4.79 Å². The van der Waals surface area contributed by atoms with E-state index in [2.05, 4.69) is 15.5 Å². The molecule has 0 saturated heterocycles. The number of ether oxygens (including phenoxy) is 3. The summed E-state index contributed by atoms with van der Waals surface area (Å²) in [7, 11) is 0. The second-order valence-corrected chi connectivity index (χ2v) is 7.62. The van der Waals surface area contributed by atoms with Gasteiger partial charge in [0.2, 0.25) is 12.6 Å². The molecule has 1 N–H and O–H groups in total. The van der Waals surface area contributed by atoms with E-state index in [0.717, 1.165) is 28.1 Å². The highest BCUT2D eigenvalue weighted by molar-refractivity contribution is 5.86. The molecule has 33 heavy (non-hydrogen) atoms. The van der Waals surface area contributed by atoms with Gasteiger partial charge in [-0.1, -0.05) is 17.3 Å². The number of carbonyl (C=O) groups excluding carboxylic acids is 1. The van der Waals surface area contributed by atoms with Crippen LogP contribution < -0.4 is 19.5 Å². The van der Waals surface area contributed by atoms with Crippen molar-refractivity contribution in [3.63, 3.8) is 0 Å². The van der Waals surface area contributed by atoms with Crippen LogP contribution in [0.2, 0.25) is 0 Å². The lowest BCUT2D eigenvalue weighted by molar-refractivity contribution is 0.174. The van der Waals surface area contributed by atoms with E-state index in [4.69, 9.17) is 18.7 Å². The summed E-state index contributed by atoms with van der Waals surface area (Å²) < 4.78 is 22.1. The third kappa shape index (κ3) is 3.75. The Bertz CT molecular complexity index is 1220. The number of aromatic nitrogens is 2. The Kier molecular flexibility index (Phi) is 5.37. The number of nitrogens with one attached hydrogen (secondary N) is 1. The second-order valence-electron chi connectivity index (χ2n) is 7.62. The van der Waals surface area contributed by atoms with Gasteiger partial charge in [0.25, 0.3) is 5.89 Å². The summed E-state index contributed by atoms with van der Waals surface area (Å²) in [5.74, 6) is 2.86. The number of rotatable bonds is 6. The SMILES string of the molecule is CCOc1ccc(C2NC(=O)N(CC)C(C)=C2c2nc(-c3ccc4c(c3)OCO4)no2)cc1. The highest BCUT2D eigenvalue weighted by Gasteiger charge is 2.35. The van der Waals surface area contributed by atoms with Crippen molar-refractivity contribution in [2.24, 2.45) is 0 Å². The van der Waals surface area contributed by atoms with Crippen LogP contribution in [0.25, 0.3) is 17.0 Å². The highest BCUT2D eigenvalue weighted by atomic mass is 16.7. The monoisotopic (exact) mass is 448 g/mol. The topological polar surface area (TPSA) is 99.0 Å². The molecular formula is C24H24N4O5. The van der Waals surface area contributed by atoms with E-state index in [1.165, 1.54) is 0 Å². The number of hydrogen-bond donors (Lipinski definition) is 1. The van der Waals surface area contributed by atoms with Crippen molar-refractivity contribution in [3.05, 3.63) is 59.6 Å². The van der Waals surface area contributed by atoms with Gasteiger partial charge in [-0.25, -0.2) is 4.79 Å². The fraction of sp³-hybridized carbons (Fsp3) is 0.292. The molecule has 2 aliphatic rings. The summed E-state index contributed by atoms with van der Waals surface area (Å²) in [5.41, 5.74) is 3.15. The smallest absolute Gasteiger partial charge is 0.322 e. The number of carbonyl (C=O) groups is 1. The number of nitrogens with zero attached hydrogens (tertiary/aromatic N) is 3. The van der Waals surface area contributed by atoms with Crippen LogP contribution in [0.1, 0.15) is 38.3 Å². The number of urea groups is 1. The first-order chi connectivity index (χ1) is 16.1. The van der Waals surface area contributed by atoms with Gasteiger partial charge in [-0.15, -0.1) is 0 Å². The Hall–Kier alpha value is -4.01. The van der Waals surface area contributed by atoms with Crippen LogP contribution in [0.5, 0.6) is 17.2 Å². The first-order valence-corrected chi connectivity index (χ1v) is 10.8. The van der Waals surface area contributed by atoms with E-state index >= 15 is 0 Å². The van der Waals surface area contributed by atoms with Gasteiger partial charge < -0.3 is 24.1 Å². The Morgan fingerprint density at radius 3 is 2.67 bits per heavy atom. The zero-order valence-corrected chi connectivity index (χ0v) is 18.6. The average molecular weight is 448 g/mol. The maximum absolute atomic E-state index is 12.8. The van der Waals surface area contributed by atoms with E-state index in [1.807, 2.05) is 63.2 Å². The van der Waals surface area contributed by atoms with Gasteiger partial charge >= 0.3 is 6.03 Å². The molecule has 9 nitrogen and oxygen atoms in total. The summed E-state index contributed by atoms with van der Waals surface area (Å²) >= 11 is 0. The third-order valence-electron chi connectivity index (χ3n) is 5.72. The molecule has 9 heteroatoms. The van der Waals surface area contributed by atoms with Gasteiger partial charge in [-0.05, 0) is 56.7 Å². The molecule has 1 atom stereocenters. The van der Waals surface area contributed by atoms with E-state index < -0.39 is 6.04 Å². The fourth-order valence-electron chi connectivity index (χ4n) is 4.10. The van der Waals surface area contributed by atoms with E-state index in [0.29, 0.717) is 36.4 Å². The molecule has 2 aromatic carbocycles. The van der Waals surface area contributed by atoms with Crippen LogP contribution in [0, 0.1) is 0 Å². The largest absolute Gasteiger partial charge is 0.494 e. The van der Waals surface area contributed by atoms with Crippen molar-refractivity contribution >= 4 is 11.6 Å². The predicted molar refractivity (Wildman–Crippen MR) is 120 cm³/mol. The highest BCUT2D eigenvalue weighted by Crippen LogP contribution is 2.39. The van der Waals surface area contributed by atoms with Crippen molar-refractivity contribution in [2.45, 2.75) is 26.8 Å². The van der Waals surface area contributed by atoms with Gasteiger partial charge in [-0.2, -0.15) is 4.98 Å². The lowest BCUT2D eigenvalue weighted by atomic mass is 9.94. The minimum atomic E-state index is -0.443. The maximum atomic E-state index is 12.8. The maximum Gasteiger partial charge on any atom is 0.322 e. The molecule has 170 valence electrons. The first kappa shape index (κ1) is 20.9.